The van der Waals surface area contributed by atoms with Gasteiger partial charge in [0, 0.05) is 0 Å². The molecule has 158 valence electrons. The van der Waals surface area contributed by atoms with Gasteiger partial charge in [0.1, 0.15) is 11.5 Å². The molecule has 4 heteroatoms. The highest BCUT2D eigenvalue weighted by atomic mass is 16.7. The predicted molar refractivity (Wildman–Crippen MR) is 115 cm³/mol. The minimum absolute atomic E-state index is 0.224. The summed E-state index contributed by atoms with van der Waals surface area (Å²) in [5, 5.41) is 0. The largest absolute Gasteiger partial charge is 0.465 e. The monoisotopic (exact) mass is 398 g/mol. The van der Waals surface area contributed by atoms with Gasteiger partial charge in [-0.1, -0.05) is 35.9 Å². The normalized spacial score (nSPS) is 21.3. The van der Waals surface area contributed by atoms with Crippen LogP contribution in [0.2, 0.25) is 0 Å². The Bertz CT molecular complexity index is 693. The quantitative estimate of drug-likeness (QED) is 0.461. The fraction of sp³-hybridized carbons (Fsp3) is 0.520. The summed E-state index contributed by atoms with van der Waals surface area (Å²) >= 11 is 0. The second kappa shape index (κ2) is 11.2. The summed E-state index contributed by atoms with van der Waals surface area (Å²) in [5.41, 5.74) is 1.23. The lowest BCUT2D eigenvalue weighted by atomic mass is 9.83. The van der Waals surface area contributed by atoms with Gasteiger partial charge in [-0.15, -0.1) is 0 Å². The van der Waals surface area contributed by atoms with Crippen molar-refractivity contribution in [3.63, 3.8) is 0 Å². The van der Waals surface area contributed by atoms with Crippen molar-refractivity contribution in [1.82, 2.24) is 0 Å². The minimum Gasteiger partial charge on any atom is -0.465 e. The molecular weight excluding hydrogens is 364 g/mol. The summed E-state index contributed by atoms with van der Waals surface area (Å²) in [5.74, 6) is 2.92. The molecule has 2 unspecified atom stereocenters. The van der Waals surface area contributed by atoms with Crippen LogP contribution in [0.5, 0.6) is 11.5 Å². The predicted octanol–water partition coefficient (Wildman–Crippen LogP) is 5.98. The molecule has 3 rings (SSSR count). The third-order valence-corrected chi connectivity index (χ3v) is 5.47. The first-order valence-electron chi connectivity index (χ1n) is 10.8. The number of benzene rings is 2. The second-order valence-electron chi connectivity index (χ2n) is 8.05. The molecule has 2 atom stereocenters. The second-order valence-corrected chi connectivity index (χ2v) is 8.05. The van der Waals surface area contributed by atoms with E-state index >= 15 is 0 Å². The Morgan fingerprint density at radius 1 is 0.690 bits per heavy atom. The van der Waals surface area contributed by atoms with E-state index in [1.807, 2.05) is 56.3 Å². The van der Waals surface area contributed by atoms with Crippen LogP contribution in [0.4, 0.5) is 0 Å². The van der Waals surface area contributed by atoms with Gasteiger partial charge in [-0.2, -0.15) is 0 Å². The third-order valence-electron chi connectivity index (χ3n) is 5.47. The summed E-state index contributed by atoms with van der Waals surface area (Å²) in [6.07, 6.45) is 4.27. The Morgan fingerprint density at radius 2 is 1.14 bits per heavy atom. The summed E-state index contributed by atoms with van der Waals surface area (Å²) in [6.45, 7) is 7.51. The van der Waals surface area contributed by atoms with Crippen molar-refractivity contribution in [2.24, 2.45) is 11.8 Å². The molecule has 2 aromatic carbocycles. The van der Waals surface area contributed by atoms with Gasteiger partial charge in [-0.05, 0) is 82.6 Å². The third kappa shape index (κ3) is 7.71. The molecule has 4 nitrogen and oxygen atoms in total. The molecule has 0 saturated heterocycles. The van der Waals surface area contributed by atoms with Gasteiger partial charge in [-0.25, -0.2) is 0 Å². The Kier molecular flexibility index (Phi) is 8.38. The van der Waals surface area contributed by atoms with Crippen LogP contribution in [0, 0.1) is 18.8 Å². The minimum atomic E-state index is -0.227. The van der Waals surface area contributed by atoms with E-state index < -0.39 is 0 Å². The standard InChI is InChI=1S/C25H34O4/c1-19-9-15-25(16-10-19)29-21(3)27-18-23-13-11-22(12-14-23)17-26-20(2)28-24-7-5-4-6-8-24/h4-10,15-16,20-23H,11-14,17-18H2,1-3H3. The van der Waals surface area contributed by atoms with Gasteiger partial charge in [0.15, 0.2) is 12.6 Å². The van der Waals surface area contributed by atoms with E-state index in [1.54, 1.807) is 0 Å². The van der Waals surface area contributed by atoms with Crippen LogP contribution < -0.4 is 9.47 Å². The molecule has 0 N–H and O–H groups in total. The molecule has 1 saturated carbocycles. The van der Waals surface area contributed by atoms with E-state index in [1.165, 1.54) is 31.2 Å². The van der Waals surface area contributed by atoms with Gasteiger partial charge in [-0.3, -0.25) is 0 Å². The zero-order valence-corrected chi connectivity index (χ0v) is 17.9. The number of aryl methyl sites for hydroxylation is 1. The molecule has 0 aromatic heterocycles. The molecule has 2 aromatic rings. The molecule has 1 aliphatic carbocycles. The molecule has 0 spiro atoms. The van der Waals surface area contributed by atoms with Crippen molar-refractivity contribution in [3.05, 3.63) is 60.2 Å². The highest BCUT2D eigenvalue weighted by Gasteiger charge is 2.23. The first-order valence-corrected chi connectivity index (χ1v) is 10.8. The van der Waals surface area contributed by atoms with Crippen LogP contribution in [0.1, 0.15) is 45.1 Å². The average molecular weight is 399 g/mol. The molecule has 0 radical (unpaired) electrons. The Balaban J connectivity index is 1.28. The van der Waals surface area contributed by atoms with Crippen LogP contribution in [0.3, 0.4) is 0 Å². The van der Waals surface area contributed by atoms with E-state index in [9.17, 15) is 0 Å². The van der Waals surface area contributed by atoms with Crippen molar-refractivity contribution in [2.45, 2.75) is 59.0 Å². The zero-order valence-electron chi connectivity index (χ0n) is 17.9. The summed E-state index contributed by atoms with van der Waals surface area (Å²) in [6, 6.07) is 17.9. The van der Waals surface area contributed by atoms with Crippen LogP contribution in [-0.2, 0) is 9.47 Å². The first kappa shape index (κ1) is 21.7. The lowest BCUT2D eigenvalue weighted by molar-refractivity contribution is -0.0946. The van der Waals surface area contributed by atoms with E-state index in [4.69, 9.17) is 18.9 Å². The molecular formula is C25H34O4. The number of rotatable bonds is 10. The van der Waals surface area contributed by atoms with Crippen LogP contribution in [0.15, 0.2) is 54.6 Å². The van der Waals surface area contributed by atoms with E-state index in [-0.39, 0.29) is 12.6 Å². The first-order chi connectivity index (χ1) is 14.1. The lowest BCUT2D eigenvalue weighted by Gasteiger charge is -2.29. The van der Waals surface area contributed by atoms with Gasteiger partial charge in [0.05, 0.1) is 13.2 Å². The van der Waals surface area contributed by atoms with Gasteiger partial charge >= 0.3 is 0 Å². The number of para-hydroxylation sites is 1. The maximum Gasteiger partial charge on any atom is 0.196 e. The highest BCUT2D eigenvalue weighted by Crippen LogP contribution is 2.30. The maximum absolute atomic E-state index is 5.94. The fourth-order valence-electron chi connectivity index (χ4n) is 3.68. The maximum atomic E-state index is 5.94. The van der Waals surface area contributed by atoms with Crippen molar-refractivity contribution < 1.29 is 18.9 Å². The van der Waals surface area contributed by atoms with Crippen LogP contribution in [-0.4, -0.2) is 25.8 Å². The molecule has 1 fully saturated rings. The Hall–Kier alpha value is -2.04. The van der Waals surface area contributed by atoms with Gasteiger partial charge in [0.25, 0.3) is 0 Å². The van der Waals surface area contributed by atoms with Crippen molar-refractivity contribution in [1.29, 1.82) is 0 Å². The van der Waals surface area contributed by atoms with Crippen molar-refractivity contribution in [2.75, 3.05) is 13.2 Å². The summed E-state index contributed by atoms with van der Waals surface area (Å²) < 4.78 is 23.5. The Morgan fingerprint density at radius 3 is 1.62 bits per heavy atom. The van der Waals surface area contributed by atoms with Crippen LogP contribution >= 0.6 is 0 Å². The van der Waals surface area contributed by atoms with Crippen molar-refractivity contribution >= 4 is 0 Å². The average Bonchev–Trinajstić information content (AvgIpc) is 2.74. The smallest absolute Gasteiger partial charge is 0.196 e. The topological polar surface area (TPSA) is 36.9 Å². The lowest BCUT2D eigenvalue weighted by Crippen LogP contribution is -2.27. The van der Waals surface area contributed by atoms with Gasteiger partial charge < -0.3 is 18.9 Å². The molecule has 1 aliphatic rings. The molecule has 0 heterocycles. The van der Waals surface area contributed by atoms with Crippen LogP contribution in [0.25, 0.3) is 0 Å². The molecule has 0 bridgehead atoms. The molecule has 0 amide bonds. The fourth-order valence-corrected chi connectivity index (χ4v) is 3.68. The number of hydrogen-bond acceptors (Lipinski definition) is 4. The SMILES string of the molecule is Cc1ccc(OC(C)OCC2CCC(COC(C)Oc3ccccc3)CC2)cc1. The Labute approximate surface area is 175 Å². The molecule has 29 heavy (non-hydrogen) atoms. The van der Waals surface area contributed by atoms with E-state index in [0.717, 1.165) is 24.7 Å². The van der Waals surface area contributed by atoms with E-state index in [2.05, 4.69) is 19.1 Å². The zero-order chi connectivity index (χ0) is 20.5. The van der Waals surface area contributed by atoms with Gasteiger partial charge in [0.2, 0.25) is 0 Å². The number of ether oxygens (including phenoxy) is 4. The number of hydrogen-bond donors (Lipinski definition) is 0. The summed E-state index contributed by atoms with van der Waals surface area (Å²) in [7, 11) is 0. The molecule has 0 aliphatic heterocycles. The summed E-state index contributed by atoms with van der Waals surface area (Å²) in [4.78, 5) is 0. The highest BCUT2D eigenvalue weighted by molar-refractivity contribution is 5.26. The van der Waals surface area contributed by atoms with E-state index in [0.29, 0.717) is 11.8 Å². The van der Waals surface area contributed by atoms with Crippen molar-refractivity contribution in [3.8, 4) is 11.5 Å².